The number of carbonyl (C=O) groups excluding carboxylic acids is 3. The third-order valence-electron chi connectivity index (χ3n) is 7.28. The van der Waals surface area contributed by atoms with Crippen molar-refractivity contribution in [2.45, 2.75) is 69.0 Å². The number of rotatable bonds is 6. The number of fused-ring (bicyclic) bond motifs is 1. The van der Waals surface area contributed by atoms with E-state index in [-0.39, 0.29) is 36.7 Å². The average Bonchev–Trinajstić information content (AvgIpc) is 3.61. The van der Waals surface area contributed by atoms with Gasteiger partial charge in [0.2, 0.25) is 5.91 Å². The van der Waals surface area contributed by atoms with Gasteiger partial charge in [-0.25, -0.2) is 0 Å². The number of ether oxygens (including phenoxy) is 1. The number of hydrogen-bond acceptors (Lipinski definition) is 7. The zero-order valence-corrected chi connectivity index (χ0v) is 21.2. The minimum absolute atomic E-state index is 0.0249. The average molecular weight is 517 g/mol. The van der Waals surface area contributed by atoms with Gasteiger partial charge in [-0.3, -0.25) is 14.4 Å². The lowest BCUT2D eigenvalue weighted by molar-refractivity contribution is -0.139. The van der Waals surface area contributed by atoms with Crippen LogP contribution in [-0.2, 0) is 20.7 Å². The van der Waals surface area contributed by atoms with E-state index < -0.39 is 23.6 Å². The van der Waals surface area contributed by atoms with Crippen molar-refractivity contribution in [1.29, 1.82) is 0 Å². The summed E-state index contributed by atoms with van der Waals surface area (Å²) in [5.74, 6) is -0.631. The summed E-state index contributed by atoms with van der Waals surface area (Å²) >= 11 is 7.75. The number of hydrogen-bond donors (Lipinski definition) is 1. The van der Waals surface area contributed by atoms with Crippen molar-refractivity contribution in [2.75, 3.05) is 13.2 Å². The number of alkyl halides is 1. The summed E-state index contributed by atoms with van der Waals surface area (Å²) in [6.07, 6.45) is 7.00. The van der Waals surface area contributed by atoms with Crippen LogP contribution >= 0.6 is 22.9 Å². The maximum absolute atomic E-state index is 13.8. The highest BCUT2D eigenvalue weighted by Crippen LogP contribution is 2.34. The zero-order chi connectivity index (χ0) is 24.5. The van der Waals surface area contributed by atoms with Crippen molar-refractivity contribution in [3.63, 3.8) is 0 Å². The fourth-order valence-electron chi connectivity index (χ4n) is 5.38. The molecule has 4 atom stereocenters. The van der Waals surface area contributed by atoms with Crippen LogP contribution in [0, 0.1) is 5.92 Å². The number of aromatic nitrogens is 2. The van der Waals surface area contributed by atoms with Crippen molar-refractivity contribution in [3.8, 4) is 10.6 Å². The number of nitrogens with one attached hydrogen (secondary N) is 1. The summed E-state index contributed by atoms with van der Waals surface area (Å²) in [5.41, 5.74) is 1.80. The summed E-state index contributed by atoms with van der Waals surface area (Å²) < 4.78 is 5.55. The molecule has 0 spiro atoms. The summed E-state index contributed by atoms with van der Waals surface area (Å²) in [6, 6.07) is 4.23. The zero-order valence-electron chi connectivity index (χ0n) is 19.6. The molecule has 2 aromatic heterocycles. The van der Waals surface area contributed by atoms with E-state index in [2.05, 4.69) is 22.4 Å². The molecule has 0 aromatic carbocycles. The molecule has 1 unspecified atom stereocenters. The first-order valence-electron chi connectivity index (χ1n) is 12.3. The molecule has 1 aliphatic carbocycles. The minimum Gasteiger partial charge on any atom is -0.366 e. The summed E-state index contributed by atoms with van der Waals surface area (Å²) in [4.78, 5) is 42.5. The molecular formula is C25H29ClN4O4S. The Morgan fingerprint density at radius 3 is 2.86 bits per heavy atom. The molecule has 0 radical (unpaired) electrons. The highest BCUT2D eigenvalue weighted by molar-refractivity contribution is 7.17. The van der Waals surface area contributed by atoms with E-state index in [1.165, 1.54) is 11.3 Å². The van der Waals surface area contributed by atoms with Crippen LogP contribution in [0.4, 0.5) is 0 Å². The number of amides is 2. The monoisotopic (exact) mass is 516 g/mol. The molecule has 2 saturated heterocycles. The normalized spacial score (nSPS) is 25.5. The van der Waals surface area contributed by atoms with Gasteiger partial charge < -0.3 is 15.0 Å². The first-order valence-corrected chi connectivity index (χ1v) is 13.5. The van der Waals surface area contributed by atoms with E-state index in [4.69, 9.17) is 16.3 Å². The van der Waals surface area contributed by atoms with E-state index in [1.807, 2.05) is 12.1 Å². The van der Waals surface area contributed by atoms with Gasteiger partial charge in [0.1, 0.15) is 30.5 Å². The van der Waals surface area contributed by atoms with Crippen molar-refractivity contribution in [3.05, 3.63) is 34.8 Å². The van der Waals surface area contributed by atoms with Gasteiger partial charge in [-0.2, -0.15) is 5.10 Å². The van der Waals surface area contributed by atoms with Crippen LogP contribution in [0.25, 0.3) is 10.6 Å². The van der Waals surface area contributed by atoms with Crippen LogP contribution < -0.4 is 5.32 Å². The standard InChI is InChI=1S/C25H29ClN4O4S/c1-2-14-10-17(29-27-11-14)19-8-9-20(35-19)24(32)28-21(15-6-4-3-5-7-15)25(33)30-12-16(26)23-22(30)18(31)13-34-23/h8-11,15-16,21-23H,2-7,12-13H2,1H3,(H,28,32)/t16-,21?,22+,23+/m0/s1. The predicted octanol–water partition coefficient (Wildman–Crippen LogP) is 3.23. The second kappa shape index (κ2) is 10.3. The molecular weight excluding hydrogens is 488 g/mol. The molecule has 186 valence electrons. The SMILES string of the molecule is CCc1cnnc(-c2ccc(C(=O)NC(C(=O)N3C[C@H](Cl)[C@H]4OCC(=O)[C@H]43)C3CCCCC3)s2)c1. The molecule has 10 heteroatoms. The Labute approximate surface area is 213 Å². The Kier molecular flexibility index (Phi) is 7.18. The van der Waals surface area contributed by atoms with Gasteiger partial charge in [0.15, 0.2) is 5.78 Å². The molecule has 2 aliphatic heterocycles. The molecule has 4 heterocycles. The molecule has 1 N–H and O–H groups in total. The van der Waals surface area contributed by atoms with Crippen LogP contribution in [0.3, 0.4) is 0 Å². The van der Waals surface area contributed by atoms with Gasteiger partial charge in [0.25, 0.3) is 5.91 Å². The smallest absolute Gasteiger partial charge is 0.262 e. The van der Waals surface area contributed by atoms with E-state index >= 15 is 0 Å². The molecule has 3 fully saturated rings. The number of thiophene rings is 1. The van der Waals surface area contributed by atoms with Crippen LogP contribution in [0.1, 0.15) is 54.3 Å². The van der Waals surface area contributed by atoms with Crippen molar-refractivity contribution in [2.24, 2.45) is 5.92 Å². The third-order valence-corrected chi connectivity index (χ3v) is 8.77. The lowest BCUT2D eigenvalue weighted by Gasteiger charge is -2.34. The Balaban J connectivity index is 1.36. The van der Waals surface area contributed by atoms with Gasteiger partial charge in [0.05, 0.1) is 21.3 Å². The molecule has 5 rings (SSSR count). The first kappa shape index (κ1) is 24.3. The number of likely N-dealkylation sites (tertiary alicyclic amines) is 1. The van der Waals surface area contributed by atoms with Gasteiger partial charge in [0, 0.05) is 6.54 Å². The molecule has 3 aliphatic rings. The summed E-state index contributed by atoms with van der Waals surface area (Å²) in [6.45, 7) is 2.27. The number of Topliss-reactive ketones (excluding diaryl/α,β-unsaturated/α-hetero) is 1. The number of aryl methyl sites for hydroxylation is 1. The minimum atomic E-state index is -0.701. The maximum atomic E-state index is 13.8. The van der Waals surface area contributed by atoms with Crippen molar-refractivity contribution in [1.82, 2.24) is 20.4 Å². The lowest BCUT2D eigenvalue weighted by atomic mass is 9.83. The van der Waals surface area contributed by atoms with Gasteiger partial charge >= 0.3 is 0 Å². The highest BCUT2D eigenvalue weighted by atomic mass is 35.5. The molecule has 2 aromatic rings. The first-order chi connectivity index (χ1) is 17.0. The van der Waals surface area contributed by atoms with E-state index in [0.717, 1.165) is 54.7 Å². The van der Waals surface area contributed by atoms with E-state index in [1.54, 1.807) is 17.2 Å². The maximum Gasteiger partial charge on any atom is 0.262 e. The van der Waals surface area contributed by atoms with Crippen molar-refractivity contribution < 1.29 is 19.1 Å². The highest BCUT2D eigenvalue weighted by Gasteiger charge is 2.53. The van der Waals surface area contributed by atoms with E-state index in [0.29, 0.717) is 4.88 Å². The Morgan fingerprint density at radius 1 is 1.29 bits per heavy atom. The van der Waals surface area contributed by atoms with Gasteiger partial charge in [-0.05, 0) is 48.9 Å². The fourth-order valence-corrected chi connectivity index (χ4v) is 6.61. The van der Waals surface area contributed by atoms with Gasteiger partial charge in [-0.1, -0.05) is 26.2 Å². The molecule has 0 bridgehead atoms. The number of halogens is 1. The van der Waals surface area contributed by atoms with Crippen molar-refractivity contribution >= 4 is 40.5 Å². The molecule has 8 nitrogen and oxygen atoms in total. The largest absolute Gasteiger partial charge is 0.366 e. The van der Waals surface area contributed by atoms with E-state index in [9.17, 15) is 14.4 Å². The second-order valence-electron chi connectivity index (χ2n) is 9.51. The quantitative estimate of drug-likeness (QED) is 0.591. The third kappa shape index (κ3) is 4.86. The topological polar surface area (TPSA) is 101 Å². The number of nitrogens with zero attached hydrogens (tertiary/aromatic N) is 3. The summed E-state index contributed by atoms with van der Waals surface area (Å²) in [5, 5.41) is 10.9. The Bertz CT molecular complexity index is 1120. The van der Waals surface area contributed by atoms with Crippen LogP contribution in [0.2, 0.25) is 0 Å². The lowest BCUT2D eigenvalue weighted by Crippen LogP contribution is -2.55. The molecule has 35 heavy (non-hydrogen) atoms. The number of carbonyl (C=O) groups is 3. The predicted molar refractivity (Wildman–Crippen MR) is 132 cm³/mol. The Morgan fingerprint density at radius 2 is 2.09 bits per heavy atom. The van der Waals surface area contributed by atoms with Crippen LogP contribution in [0.15, 0.2) is 24.4 Å². The molecule has 1 saturated carbocycles. The molecule has 2 amide bonds. The second-order valence-corrected chi connectivity index (χ2v) is 11.2. The Hall–Kier alpha value is -2.36. The van der Waals surface area contributed by atoms with Gasteiger partial charge in [-0.15, -0.1) is 28.0 Å². The fraction of sp³-hybridized carbons (Fsp3) is 0.560. The van der Waals surface area contributed by atoms with Crippen LogP contribution in [-0.4, -0.2) is 69.4 Å². The summed E-state index contributed by atoms with van der Waals surface area (Å²) in [7, 11) is 0. The van der Waals surface area contributed by atoms with Crippen LogP contribution in [0.5, 0.6) is 0 Å². The number of ketones is 1.